The number of nitrogens with zero attached hydrogens (tertiary/aromatic N) is 2. The van der Waals surface area contributed by atoms with Crippen molar-refractivity contribution in [2.75, 3.05) is 0 Å². The summed E-state index contributed by atoms with van der Waals surface area (Å²) in [5.41, 5.74) is 0.240. The van der Waals surface area contributed by atoms with Crippen molar-refractivity contribution in [1.29, 1.82) is 0 Å². The maximum atomic E-state index is 10.7. The summed E-state index contributed by atoms with van der Waals surface area (Å²) in [5.74, 6) is -0.402. The van der Waals surface area contributed by atoms with E-state index in [1.165, 1.54) is 6.07 Å². The van der Waals surface area contributed by atoms with Crippen LogP contribution >= 0.6 is 23.2 Å². The Morgan fingerprint density at radius 1 is 1.38 bits per heavy atom. The Labute approximate surface area is 84.9 Å². The molecule has 0 aromatic carbocycles. The van der Waals surface area contributed by atoms with Crippen molar-refractivity contribution in [3.63, 3.8) is 0 Å². The van der Waals surface area contributed by atoms with E-state index in [1.54, 1.807) is 0 Å². The lowest BCUT2D eigenvalue weighted by Gasteiger charge is -2.00. The first-order valence-electron chi connectivity index (χ1n) is 3.06. The number of rotatable bonds is 2. The minimum atomic E-state index is -3.63. The lowest BCUT2D eigenvalue weighted by molar-refractivity contribution is 0.597. The first-order chi connectivity index (χ1) is 5.88. The molecule has 13 heavy (non-hydrogen) atoms. The number of aromatic nitrogens is 2. The van der Waals surface area contributed by atoms with Gasteiger partial charge in [-0.3, -0.25) is 0 Å². The third-order valence-corrected chi connectivity index (χ3v) is 2.36. The van der Waals surface area contributed by atoms with Gasteiger partial charge >= 0.3 is 0 Å². The molecule has 0 unspecified atom stereocenters. The van der Waals surface area contributed by atoms with Gasteiger partial charge in [0.1, 0.15) is 0 Å². The largest absolute Gasteiger partial charge is 0.228 e. The molecule has 0 spiro atoms. The third-order valence-electron chi connectivity index (χ3n) is 1.15. The molecule has 1 rings (SSSR count). The van der Waals surface area contributed by atoms with Gasteiger partial charge in [-0.1, -0.05) is 23.2 Å². The summed E-state index contributed by atoms with van der Waals surface area (Å²) in [6, 6.07) is 1.31. The molecule has 1 heterocycles. The Morgan fingerprint density at radius 3 is 2.54 bits per heavy atom. The van der Waals surface area contributed by atoms with E-state index in [9.17, 15) is 8.42 Å². The zero-order valence-electron chi connectivity index (χ0n) is 6.24. The van der Waals surface area contributed by atoms with Gasteiger partial charge < -0.3 is 0 Å². The first-order valence-corrected chi connectivity index (χ1v) is 5.54. The van der Waals surface area contributed by atoms with Gasteiger partial charge in [0.05, 0.1) is 5.75 Å². The maximum Gasteiger partial charge on any atom is 0.213 e. The van der Waals surface area contributed by atoms with Gasteiger partial charge in [-0.15, -0.1) is 10.2 Å². The predicted octanol–water partition coefficient (Wildman–Crippen LogP) is 0.572. The number of hydrogen-bond donors (Lipinski definition) is 1. The molecule has 0 aliphatic heterocycles. The van der Waals surface area contributed by atoms with Crippen molar-refractivity contribution in [1.82, 2.24) is 10.2 Å². The number of primary sulfonamides is 1. The second-order valence-corrected chi connectivity index (χ2v) is 4.65. The van der Waals surface area contributed by atoms with E-state index in [-0.39, 0.29) is 15.9 Å². The summed E-state index contributed by atoms with van der Waals surface area (Å²) in [4.78, 5) is 0. The lowest BCUT2D eigenvalue weighted by atomic mass is 10.3. The Morgan fingerprint density at radius 2 is 2.00 bits per heavy atom. The normalized spacial score (nSPS) is 11.6. The Bertz CT molecular complexity index is 420. The minimum Gasteiger partial charge on any atom is -0.228 e. The highest BCUT2D eigenvalue weighted by molar-refractivity contribution is 7.88. The quantitative estimate of drug-likeness (QED) is 0.821. The van der Waals surface area contributed by atoms with Gasteiger partial charge in [-0.2, -0.15) is 0 Å². The molecule has 0 saturated carbocycles. The molecule has 0 saturated heterocycles. The van der Waals surface area contributed by atoms with Gasteiger partial charge in [0.2, 0.25) is 10.0 Å². The average Bonchev–Trinajstić information content (AvgIpc) is 1.94. The Kier molecular flexibility index (Phi) is 3.07. The zero-order chi connectivity index (χ0) is 10.1. The van der Waals surface area contributed by atoms with Crippen LogP contribution in [-0.2, 0) is 15.8 Å². The van der Waals surface area contributed by atoms with Gasteiger partial charge in [0.25, 0.3) is 0 Å². The highest BCUT2D eigenvalue weighted by Gasteiger charge is 2.10. The van der Waals surface area contributed by atoms with Crippen molar-refractivity contribution in [3.8, 4) is 0 Å². The number of halogens is 2. The molecule has 0 bridgehead atoms. The van der Waals surface area contributed by atoms with Crippen LogP contribution in [0.15, 0.2) is 6.07 Å². The van der Waals surface area contributed by atoms with Gasteiger partial charge in [-0.05, 0) is 6.07 Å². The number of nitrogens with two attached hydrogens (primary N) is 1. The summed E-state index contributed by atoms with van der Waals surface area (Å²) in [6.07, 6.45) is 0. The Hall–Kier alpha value is -0.430. The minimum absolute atomic E-state index is 0.0153. The molecule has 0 amide bonds. The van der Waals surface area contributed by atoms with Crippen LogP contribution < -0.4 is 5.14 Å². The second kappa shape index (κ2) is 3.75. The van der Waals surface area contributed by atoms with Crippen molar-refractivity contribution >= 4 is 33.2 Å². The monoisotopic (exact) mass is 241 g/mol. The third kappa shape index (κ3) is 3.43. The van der Waals surface area contributed by atoms with Crippen molar-refractivity contribution < 1.29 is 8.42 Å². The van der Waals surface area contributed by atoms with Crippen LogP contribution in [0.5, 0.6) is 0 Å². The van der Waals surface area contributed by atoms with E-state index in [1.807, 2.05) is 0 Å². The molecule has 5 nitrogen and oxygen atoms in total. The molecule has 0 aliphatic carbocycles. The van der Waals surface area contributed by atoms with Crippen LogP contribution in [0.2, 0.25) is 10.3 Å². The zero-order valence-corrected chi connectivity index (χ0v) is 8.57. The molecular formula is C5H5Cl2N3O2S. The molecule has 8 heteroatoms. The van der Waals surface area contributed by atoms with Crippen molar-refractivity contribution in [2.24, 2.45) is 5.14 Å². The highest BCUT2D eigenvalue weighted by Crippen LogP contribution is 2.16. The number of hydrogen-bond acceptors (Lipinski definition) is 4. The maximum absolute atomic E-state index is 10.7. The van der Waals surface area contributed by atoms with Gasteiger partial charge in [0.15, 0.2) is 10.3 Å². The first kappa shape index (κ1) is 10.6. The molecule has 2 N–H and O–H groups in total. The fourth-order valence-corrected chi connectivity index (χ4v) is 1.77. The van der Waals surface area contributed by atoms with Crippen LogP contribution in [0, 0.1) is 0 Å². The van der Waals surface area contributed by atoms with Crippen LogP contribution in [0.4, 0.5) is 0 Å². The van der Waals surface area contributed by atoms with Gasteiger partial charge in [-0.25, -0.2) is 13.6 Å². The number of sulfonamides is 1. The average molecular weight is 242 g/mol. The SMILES string of the molecule is NS(=O)(=O)Cc1cc(Cl)nnc1Cl. The van der Waals surface area contributed by atoms with Crippen LogP contribution in [0.1, 0.15) is 5.56 Å². The van der Waals surface area contributed by atoms with Crippen LogP contribution in [0.25, 0.3) is 0 Å². The lowest BCUT2D eigenvalue weighted by Crippen LogP contribution is -2.15. The van der Waals surface area contributed by atoms with E-state index in [0.717, 1.165) is 0 Å². The van der Waals surface area contributed by atoms with E-state index in [2.05, 4.69) is 10.2 Å². The molecule has 0 fully saturated rings. The highest BCUT2D eigenvalue weighted by atomic mass is 35.5. The summed E-state index contributed by atoms with van der Waals surface area (Å²) in [5, 5.41) is 11.7. The van der Waals surface area contributed by atoms with Crippen LogP contribution in [0.3, 0.4) is 0 Å². The predicted molar refractivity (Wildman–Crippen MR) is 48.9 cm³/mol. The van der Waals surface area contributed by atoms with Crippen LogP contribution in [-0.4, -0.2) is 18.6 Å². The summed E-state index contributed by atoms with van der Waals surface area (Å²) in [6.45, 7) is 0. The van der Waals surface area contributed by atoms with Crippen molar-refractivity contribution in [2.45, 2.75) is 5.75 Å². The fraction of sp³-hybridized carbons (Fsp3) is 0.200. The summed E-state index contributed by atoms with van der Waals surface area (Å²) >= 11 is 11.0. The summed E-state index contributed by atoms with van der Waals surface area (Å²) in [7, 11) is -3.63. The topological polar surface area (TPSA) is 85.9 Å². The Balaban J connectivity index is 3.08. The molecular weight excluding hydrogens is 237 g/mol. The molecule has 0 atom stereocenters. The van der Waals surface area contributed by atoms with E-state index in [0.29, 0.717) is 0 Å². The fourth-order valence-electron chi connectivity index (χ4n) is 0.706. The molecule has 1 aromatic rings. The molecule has 0 radical (unpaired) electrons. The van der Waals surface area contributed by atoms with E-state index in [4.69, 9.17) is 28.3 Å². The summed E-state index contributed by atoms with van der Waals surface area (Å²) < 4.78 is 21.4. The standard InChI is InChI=1S/C5H5Cl2N3O2S/c6-4-1-3(2-13(8,11)12)5(7)10-9-4/h1H,2H2,(H2,8,11,12). The molecule has 0 aliphatic rings. The smallest absolute Gasteiger partial charge is 0.213 e. The van der Waals surface area contributed by atoms with Crippen molar-refractivity contribution in [3.05, 3.63) is 21.9 Å². The van der Waals surface area contributed by atoms with Gasteiger partial charge in [0, 0.05) is 5.56 Å². The van der Waals surface area contributed by atoms with E-state index >= 15 is 0 Å². The molecule has 72 valence electrons. The second-order valence-electron chi connectivity index (χ2n) is 2.29. The molecule has 1 aromatic heterocycles. The van der Waals surface area contributed by atoms with E-state index < -0.39 is 15.8 Å².